The van der Waals surface area contributed by atoms with Gasteiger partial charge in [-0.15, -0.1) is 0 Å². The molecule has 6 heteroatoms. The molecule has 2 aromatic carbocycles. The van der Waals surface area contributed by atoms with Crippen molar-refractivity contribution in [3.63, 3.8) is 0 Å². The molecule has 3 N–H and O–H groups in total. The molecule has 0 saturated carbocycles. The van der Waals surface area contributed by atoms with Crippen LogP contribution in [0.3, 0.4) is 0 Å². The number of nitrogens with zero attached hydrogens (tertiary/aromatic N) is 2. The first kappa shape index (κ1) is 16.8. The summed E-state index contributed by atoms with van der Waals surface area (Å²) >= 11 is 0. The van der Waals surface area contributed by atoms with Gasteiger partial charge >= 0.3 is 0 Å². The molecule has 0 saturated heterocycles. The maximum Gasteiger partial charge on any atom is 0.255 e. The van der Waals surface area contributed by atoms with Gasteiger partial charge < -0.3 is 15.1 Å². The Bertz CT molecular complexity index is 1170. The molecule has 28 heavy (non-hydrogen) atoms. The molecule has 2 aromatic heterocycles. The molecule has 4 aromatic rings. The average Bonchev–Trinajstić information content (AvgIpc) is 3.11. The van der Waals surface area contributed by atoms with Crippen LogP contribution in [0.15, 0.2) is 63.8 Å². The largest absolute Gasteiger partial charge is 0.460 e. The third-order valence-electron chi connectivity index (χ3n) is 5.19. The fourth-order valence-corrected chi connectivity index (χ4v) is 3.73. The lowest BCUT2D eigenvalue weighted by atomic mass is 10.1. The zero-order valence-electron chi connectivity index (χ0n) is 15.3. The molecule has 140 valence electrons. The van der Waals surface area contributed by atoms with Crippen molar-refractivity contribution in [2.75, 3.05) is 12.3 Å². The van der Waals surface area contributed by atoms with E-state index in [4.69, 9.17) is 15.1 Å². The van der Waals surface area contributed by atoms with Crippen LogP contribution < -0.4 is 11.3 Å². The van der Waals surface area contributed by atoms with E-state index in [-0.39, 0.29) is 5.56 Å². The Morgan fingerprint density at radius 1 is 1.14 bits per heavy atom. The molecule has 0 bridgehead atoms. The van der Waals surface area contributed by atoms with Gasteiger partial charge in [-0.25, -0.2) is 4.98 Å². The lowest BCUT2D eigenvalue weighted by molar-refractivity contribution is 0.224. The zero-order chi connectivity index (χ0) is 19.1. The summed E-state index contributed by atoms with van der Waals surface area (Å²) in [7, 11) is 0. The maximum absolute atomic E-state index is 12.7. The van der Waals surface area contributed by atoms with Crippen molar-refractivity contribution in [3.8, 4) is 11.4 Å². The molecule has 1 aliphatic heterocycles. The minimum atomic E-state index is -0.0777. The number of para-hydroxylation sites is 1. The Balaban J connectivity index is 1.39. The third-order valence-corrected chi connectivity index (χ3v) is 5.19. The van der Waals surface area contributed by atoms with Crippen molar-refractivity contribution < 1.29 is 4.42 Å². The number of furan rings is 1. The van der Waals surface area contributed by atoms with Crippen molar-refractivity contribution in [1.82, 2.24) is 14.9 Å². The molecule has 0 amide bonds. The third kappa shape index (κ3) is 3.08. The van der Waals surface area contributed by atoms with Crippen LogP contribution >= 0.6 is 0 Å². The number of nitrogens with one attached hydrogen (secondary N) is 1. The highest BCUT2D eigenvalue weighted by Crippen LogP contribution is 2.23. The Labute approximate surface area is 161 Å². The molecule has 0 fully saturated rings. The Morgan fingerprint density at radius 3 is 2.79 bits per heavy atom. The molecule has 0 atom stereocenters. The monoisotopic (exact) mass is 372 g/mol. The van der Waals surface area contributed by atoms with Gasteiger partial charge in [0.15, 0.2) is 0 Å². The number of rotatable bonds is 3. The van der Waals surface area contributed by atoms with Gasteiger partial charge in [-0.2, -0.15) is 0 Å². The smallest absolute Gasteiger partial charge is 0.255 e. The maximum atomic E-state index is 12.7. The second-order valence-electron chi connectivity index (χ2n) is 7.17. The van der Waals surface area contributed by atoms with Crippen molar-refractivity contribution in [2.24, 2.45) is 0 Å². The van der Waals surface area contributed by atoms with Crippen LogP contribution in [-0.2, 0) is 19.5 Å². The number of hydrogen-bond donors (Lipinski definition) is 2. The molecule has 0 unspecified atom stereocenters. The Kier molecular flexibility index (Phi) is 3.98. The lowest BCUT2D eigenvalue weighted by Gasteiger charge is -2.26. The van der Waals surface area contributed by atoms with Gasteiger partial charge in [0.2, 0.25) is 0 Å². The predicted octanol–water partition coefficient (Wildman–Crippen LogP) is 3.32. The Hall–Kier alpha value is -3.38. The fourth-order valence-electron chi connectivity index (χ4n) is 3.73. The van der Waals surface area contributed by atoms with Crippen LogP contribution in [0.5, 0.6) is 0 Å². The topological polar surface area (TPSA) is 88.1 Å². The molecular weight excluding hydrogens is 352 g/mol. The van der Waals surface area contributed by atoms with Crippen molar-refractivity contribution >= 4 is 16.7 Å². The lowest BCUT2D eigenvalue weighted by Crippen LogP contribution is -2.35. The number of aromatic amines is 1. The molecule has 0 spiro atoms. The minimum absolute atomic E-state index is 0.0777. The number of nitrogens with two attached hydrogens (primary N) is 1. The van der Waals surface area contributed by atoms with Gasteiger partial charge in [-0.1, -0.05) is 18.2 Å². The number of benzene rings is 2. The summed E-state index contributed by atoms with van der Waals surface area (Å²) < 4.78 is 5.92. The van der Waals surface area contributed by atoms with Crippen LogP contribution in [0, 0.1) is 0 Å². The first-order valence-corrected chi connectivity index (χ1v) is 9.33. The van der Waals surface area contributed by atoms with Crippen LogP contribution in [0.4, 0.5) is 5.69 Å². The van der Waals surface area contributed by atoms with Gasteiger partial charge in [0.25, 0.3) is 5.56 Å². The second-order valence-corrected chi connectivity index (χ2v) is 7.17. The molecule has 5 rings (SSSR count). The summed E-state index contributed by atoms with van der Waals surface area (Å²) in [6.45, 7) is 2.08. The first-order valence-electron chi connectivity index (χ1n) is 9.33. The van der Waals surface area contributed by atoms with Crippen LogP contribution in [0.25, 0.3) is 22.4 Å². The van der Waals surface area contributed by atoms with E-state index in [1.54, 1.807) is 0 Å². The number of hydrogen-bond acceptors (Lipinski definition) is 5. The van der Waals surface area contributed by atoms with Crippen LogP contribution in [-0.4, -0.2) is 21.4 Å². The predicted molar refractivity (Wildman–Crippen MR) is 109 cm³/mol. The van der Waals surface area contributed by atoms with E-state index in [0.717, 1.165) is 46.5 Å². The summed E-state index contributed by atoms with van der Waals surface area (Å²) in [5.74, 6) is 1.50. The molecule has 0 radical (unpaired) electrons. The highest BCUT2D eigenvalue weighted by Gasteiger charge is 2.22. The van der Waals surface area contributed by atoms with E-state index in [1.807, 2.05) is 48.5 Å². The minimum Gasteiger partial charge on any atom is -0.460 e. The van der Waals surface area contributed by atoms with Crippen molar-refractivity contribution in [3.05, 3.63) is 82.0 Å². The van der Waals surface area contributed by atoms with Crippen LogP contribution in [0.1, 0.15) is 17.0 Å². The summed E-state index contributed by atoms with van der Waals surface area (Å²) in [6, 6.07) is 17.4. The van der Waals surface area contributed by atoms with Crippen LogP contribution in [0.2, 0.25) is 0 Å². The summed E-state index contributed by atoms with van der Waals surface area (Å²) in [6.07, 6.45) is 0.738. The highest BCUT2D eigenvalue weighted by molar-refractivity contribution is 5.77. The highest BCUT2D eigenvalue weighted by atomic mass is 16.3. The number of H-pyrrole nitrogens is 1. The zero-order valence-corrected chi connectivity index (χ0v) is 15.3. The fraction of sp³-hybridized carbons (Fsp3) is 0.182. The number of anilines is 1. The average molecular weight is 372 g/mol. The van der Waals surface area contributed by atoms with E-state index in [0.29, 0.717) is 24.6 Å². The van der Waals surface area contributed by atoms with E-state index < -0.39 is 0 Å². The van der Waals surface area contributed by atoms with E-state index in [9.17, 15) is 4.79 Å². The van der Waals surface area contributed by atoms with Gasteiger partial charge in [-0.3, -0.25) is 9.69 Å². The molecule has 6 nitrogen and oxygen atoms in total. The van der Waals surface area contributed by atoms with Gasteiger partial charge in [0.05, 0.1) is 17.8 Å². The normalized spacial score (nSPS) is 14.3. The van der Waals surface area contributed by atoms with E-state index in [2.05, 4.69) is 16.0 Å². The summed E-state index contributed by atoms with van der Waals surface area (Å²) in [5, 5.41) is 1.10. The summed E-state index contributed by atoms with van der Waals surface area (Å²) in [5.41, 5.74) is 9.71. The van der Waals surface area contributed by atoms with Crippen molar-refractivity contribution in [1.29, 1.82) is 0 Å². The van der Waals surface area contributed by atoms with Crippen molar-refractivity contribution in [2.45, 2.75) is 19.5 Å². The first-order chi connectivity index (χ1) is 13.7. The SMILES string of the molecule is Nc1ccc(-c2nc3c(c(=O)[nH]2)CN(Cc2cc4ccccc4o2)CC3)cc1. The molecule has 0 aliphatic carbocycles. The quantitative estimate of drug-likeness (QED) is 0.539. The van der Waals surface area contributed by atoms with Gasteiger partial charge in [0, 0.05) is 36.1 Å². The molecule has 3 heterocycles. The number of fused-ring (bicyclic) bond motifs is 2. The molecular formula is C22H20N4O2. The number of aromatic nitrogens is 2. The van der Waals surface area contributed by atoms with Gasteiger partial charge in [-0.05, 0) is 36.4 Å². The summed E-state index contributed by atoms with van der Waals surface area (Å²) in [4.78, 5) is 22.5. The van der Waals surface area contributed by atoms with Gasteiger partial charge in [0.1, 0.15) is 17.2 Å². The molecule has 1 aliphatic rings. The van der Waals surface area contributed by atoms with E-state index >= 15 is 0 Å². The second kappa shape index (κ2) is 6.65. The standard InChI is InChI=1S/C22H20N4O2/c23-16-7-5-14(6-8-16)21-24-19-9-10-26(13-18(19)22(27)25-21)12-17-11-15-3-1-2-4-20(15)28-17/h1-8,11H,9-10,12-13,23H2,(H,24,25,27). The Morgan fingerprint density at radius 2 is 1.96 bits per heavy atom. The van der Waals surface area contributed by atoms with E-state index in [1.165, 1.54) is 0 Å². The number of nitrogen functional groups attached to an aromatic ring is 1.